The van der Waals surface area contributed by atoms with Gasteiger partial charge in [0.2, 0.25) is 6.41 Å². The minimum atomic E-state index is -0.967. The highest BCUT2D eigenvalue weighted by Crippen LogP contribution is 2.14. The molecule has 0 spiro atoms. The predicted molar refractivity (Wildman–Crippen MR) is 47.4 cm³/mol. The molecule has 0 saturated carbocycles. The number of hydrogen-bond donors (Lipinski definition) is 2. The van der Waals surface area contributed by atoms with Gasteiger partial charge in [0.15, 0.2) is 0 Å². The summed E-state index contributed by atoms with van der Waals surface area (Å²) in [5, 5.41) is 14.9. The Morgan fingerprint density at radius 1 is 1.86 bits per heavy atom. The third kappa shape index (κ3) is 2.32. The van der Waals surface area contributed by atoms with Gasteiger partial charge in [0.05, 0.1) is 18.2 Å². The minimum Gasteiger partial charge on any atom is -0.481 e. The highest BCUT2D eigenvalue weighted by atomic mass is 16.4. The number of rotatable bonds is 5. The van der Waals surface area contributed by atoms with E-state index in [1.807, 2.05) is 0 Å². The van der Waals surface area contributed by atoms with E-state index in [2.05, 4.69) is 10.4 Å². The summed E-state index contributed by atoms with van der Waals surface area (Å²) in [5.41, 5.74) is 0.666. The molecule has 1 amide bonds. The van der Waals surface area contributed by atoms with Crippen LogP contribution in [0.2, 0.25) is 0 Å². The second kappa shape index (κ2) is 4.40. The van der Waals surface area contributed by atoms with Crippen LogP contribution in [0.5, 0.6) is 0 Å². The van der Waals surface area contributed by atoms with Gasteiger partial charge in [0.1, 0.15) is 0 Å². The Labute approximate surface area is 80.5 Å². The number of aryl methyl sites for hydroxylation is 1. The molecule has 14 heavy (non-hydrogen) atoms. The summed E-state index contributed by atoms with van der Waals surface area (Å²) in [6.07, 6.45) is 1.88. The normalized spacial score (nSPS) is 12.1. The molecule has 0 aliphatic carbocycles. The Morgan fingerprint density at radius 3 is 3.00 bits per heavy atom. The SMILES string of the molecule is Cn1nccc1C(CC(=O)O)NC=O. The fourth-order valence-electron chi connectivity index (χ4n) is 1.23. The average Bonchev–Trinajstić information content (AvgIpc) is 2.50. The number of hydrogen-bond acceptors (Lipinski definition) is 3. The van der Waals surface area contributed by atoms with Crippen molar-refractivity contribution < 1.29 is 14.7 Å². The number of carboxylic acid groups (broad SMARTS) is 1. The smallest absolute Gasteiger partial charge is 0.305 e. The molecule has 6 heteroatoms. The molecule has 0 saturated heterocycles. The number of nitrogens with one attached hydrogen (secondary N) is 1. The Kier molecular flexibility index (Phi) is 3.22. The zero-order valence-corrected chi connectivity index (χ0v) is 7.67. The first-order valence-electron chi connectivity index (χ1n) is 4.04. The van der Waals surface area contributed by atoms with Gasteiger partial charge >= 0.3 is 5.97 Å². The van der Waals surface area contributed by atoms with E-state index in [-0.39, 0.29) is 6.42 Å². The first-order chi connectivity index (χ1) is 6.65. The standard InChI is InChI=1S/C8H11N3O3/c1-11-7(2-3-10-11)6(9-5-12)4-8(13)14/h2-3,5-6H,4H2,1H3,(H,9,12)(H,13,14). The van der Waals surface area contributed by atoms with Crippen LogP contribution in [0.4, 0.5) is 0 Å². The highest BCUT2D eigenvalue weighted by molar-refractivity contribution is 5.68. The van der Waals surface area contributed by atoms with E-state index in [0.29, 0.717) is 12.1 Å². The van der Waals surface area contributed by atoms with Gasteiger partial charge in [0.25, 0.3) is 0 Å². The molecule has 1 heterocycles. The number of aliphatic carboxylic acids is 1. The second-order valence-electron chi connectivity index (χ2n) is 2.81. The largest absolute Gasteiger partial charge is 0.481 e. The van der Waals surface area contributed by atoms with E-state index >= 15 is 0 Å². The third-order valence-electron chi connectivity index (χ3n) is 1.86. The van der Waals surface area contributed by atoms with Gasteiger partial charge in [-0.25, -0.2) is 0 Å². The summed E-state index contributed by atoms with van der Waals surface area (Å²) in [6.45, 7) is 0. The van der Waals surface area contributed by atoms with Crippen LogP contribution in [0.3, 0.4) is 0 Å². The van der Waals surface area contributed by atoms with Crippen LogP contribution in [-0.4, -0.2) is 27.3 Å². The lowest BCUT2D eigenvalue weighted by Gasteiger charge is -2.13. The van der Waals surface area contributed by atoms with E-state index in [9.17, 15) is 9.59 Å². The summed E-state index contributed by atoms with van der Waals surface area (Å²) in [7, 11) is 1.69. The molecule has 1 atom stereocenters. The number of carboxylic acids is 1. The van der Waals surface area contributed by atoms with E-state index in [1.165, 1.54) is 4.68 Å². The van der Waals surface area contributed by atoms with Crippen LogP contribution >= 0.6 is 0 Å². The molecular formula is C8H11N3O3. The topological polar surface area (TPSA) is 84.2 Å². The number of carbonyl (C=O) groups is 2. The van der Waals surface area contributed by atoms with Crippen molar-refractivity contribution in [2.45, 2.75) is 12.5 Å². The number of nitrogens with zero attached hydrogens (tertiary/aromatic N) is 2. The molecule has 76 valence electrons. The molecule has 0 aliphatic rings. The van der Waals surface area contributed by atoms with Crippen molar-refractivity contribution in [3.8, 4) is 0 Å². The number of amides is 1. The fourth-order valence-corrected chi connectivity index (χ4v) is 1.23. The monoisotopic (exact) mass is 197 g/mol. The first-order valence-corrected chi connectivity index (χ1v) is 4.04. The van der Waals surface area contributed by atoms with Crippen molar-refractivity contribution >= 4 is 12.4 Å². The van der Waals surface area contributed by atoms with E-state index in [1.54, 1.807) is 19.3 Å². The van der Waals surface area contributed by atoms with E-state index in [4.69, 9.17) is 5.11 Å². The summed E-state index contributed by atoms with van der Waals surface area (Å²) in [6, 6.07) is 1.14. The molecule has 1 rings (SSSR count). The van der Waals surface area contributed by atoms with Crippen LogP contribution < -0.4 is 5.32 Å². The number of carbonyl (C=O) groups excluding carboxylic acids is 1. The highest BCUT2D eigenvalue weighted by Gasteiger charge is 2.17. The van der Waals surface area contributed by atoms with Crippen LogP contribution in [0.15, 0.2) is 12.3 Å². The molecule has 0 radical (unpaired) electrons. The Bertz CT molecular complexity index is 334. The molecule has 1 unspecified atom stereocenters. The molecule has 1 aromatic rings. The van der Waals surface area contributed by atoms with Gasteiger partial charge < -0.3 is 10.4 Å². The molecular weight excluding hydrogens is 186 g/mol. The number of aromatic nitrogens is 2. The predicted octanol–water partition coefficient (Wildman–Crippen LogP) is -0.318. The first kappa shape index (κ1) is 10.2. The Morgan fingerprint density at radius 2 is 2.57 bits per heavy atom. The van der Waals surface area contributed by atoms with Crippen molar-refractivity contribution in [1.82, 2.24) is 15.1 Å². The minimum absolute atomic E-state index is 0.154. The molecule has 0 fully saturated rings. The van der Waals surface area contributed by atoms with Crippen molar-refractivity contribution in [3.05, 3.63) is 18.0 Å². The van der Waals surface area contributed by atoms with Gasteiger partial charge in [-0.1, -0.05) is 0 Å². The van der Waals surface area contributed by atoms with E-state index in [0.717, 1.165) is 0 Å². The summed E-state index contributed by atoms with van der Waals surface area (Å²) < 4.78 is 1.53. The Balaban J connectivity index is 2.82. The maximum atomic E-state index is 10.5. The van der Waals surface area contributed by atoms with Gasteiger partial charge in [-0.05, 0) is 6.07 Å². The van der Waals surface area contributed by atoms with Crippen molar-refractivity contribution in [2.75, 3.05) is 0 Å². The van der Waals surface area contributed by atoms with Gasteiger partial charge in [-0.2, -0.15) is 5.10 Å². The van der Waals surface area contributed by atoms with Crippen LogP contribution in [0, 0.1) is 0 Å². The zero-order valence-electron chi connectivity index (χ0n) is 7.67. The molecule has 0 aliphatic heterocycles. The van der Waals surface area contributed by atoms with Crippen LogP contribution in [-0.2, 0) is 16.6 Å². The van der Waals surface area contributed by atoms with Crippen LogP contribution in [0.1, 0.15) is 18.2 Å². The summed E-state index contributed by atoms with van der Waals surface area (Å²) >= 11 is 0. The van der Waals surface area contributed by atoms with Gasteiger partial charge in [-0.3, -0.25) is 14.3 Å². The van der Waals surface area contributed by atoms with Crippen molar-refractivity contribution in [2.24, 2.45) is 7.05 Å². The molecule has 0 aromatic carbocycles. The maximum Gasteiger partial charge on any atom is 0.305 e. The summed E-state index contributed by atoms with van der Waals surface area (Å²) in [4.78, 5) is 20.8. The lowest BCUT2D eigenvalue weighted by Crippen LogP contribution is -2.24. The van der Waals surface area contributed by atoms with E-state index < -0.39 is 12.0 Å². The Hall–Kier alpha value is -1.85. The van der Waals surface area contributed by atoms with Crippen molar-refractivity contribution in [3.63, 3.8) is 0 Å². The lowest BCUT2D eigenvalue weighted by atomic mass is 10.1. The molecule has 6 nitrogen and oxygen atoms in total. The van der Waals surface area contributed by atoms with Crippen LogP contribution in [0.25, 0.3) is 0 Å². The molecule has 1 aromatic heterocycles. The maximum absolute atomic E-state index is 10.5. The third-order valence-corrected chi connectivity index (χ3v) is 1.86. The molecule has 2 N–H and O–H groups in total. The quantitative estimate of drug-likeness (QED) is 0.634. The fraction of sp³-hybridized carbons (Fsp3) is 0.375. The average molecular weight is 197 g/mol. The van der Waals surface area contributed by atoms with Crippen molar-refractivity contribution in [1.29, 1.82) is 0 Å². The molecule has 0 bridgehead atoms. The second-order valence-corrected chi connectivity index (χ2v) is 2.81. The zero-order chi connectivity index (χ0) is 10.6. The van der Waals surface area contributed by atoms with Gasteiger partial charge in [-0.15, -0.1) is 0 Å². The lowest BCUT2D eigenvalue weighted by molar-refractivity contribution is -0.137. The van der Waals surface area contributed by atoms with Gasteiger partial charge in [0, 0.05) is 13.2 Å². The summed E-state index contributed by atoms with van der Waals surface area (Å²) in [5.74, 6) is -0.967.